The van der Waals surface area contributed by atoms with Crippen molar-refractivity contribution in [1.29, 1.82) is 0 Å². The lowest BCUT2D eigenvalue weighted by Crippen LogP contribution is -2.28. The van der Waals surface area contributed by atoms with Crippen molar-refractivity contribution in [3.05, 3.63) is 259 Å². The third kappa shape index (κ3) is 5.32. The minimum atomic E-state index is -0.527. The lowest BCUT2D eigenvalue weighted by Gasteiger charge is -2.35. The fraction of sp³-hybridized carbons (Fsp3) is 0.0175. The number of nitrogens with zero attached hydrogens (tertiary/aromatic N) is 1. The van der Waals surface area contributed by atoms with Gasteiger partial charge in [-0.3, -0.25) is 0 Å². The van der Waals surface area contributed by atoms with Gasteiger partial charge in [-0.2, -0.15) is 0 Å². The van der Waals surface area contributed by atoms with E-state index in [9.17, 15) is 0 Å². The van der Waals surface area contributed by atoms with Gasteiger partial charge in [0.25, 0.3) is 0 Å². The molecule has 0 aliphatic heterocycles. The van der Waals surface area contributed by atoms with Crippen molar-refractivity contribution >= 4 is 38.6 Å². The topological polar surface area (TPSA) is 3.24 Å². The quantitative estimate of drug-likeness (QED) is 0.147. The van der Waals surface area contributed by atoms with Crippen molar-refractivity contribution < 1.29 is 0 Å². The highest BCUT2D eigenvalue weighted by Crippen LogP contribution is 2.58. The minimum absolute atomic E-state index is 0.527. The Morgan fingerprint density at radius 2 is 0.845 bits per heavy atom. The summed E-state index contributed by atoms with van der Waals surface area (Å²) in [7, 11) is 0. The van der Waals surface area contributed by atoms with Crippen molar-refractivity contribution in [2.45, 2.75) is 5.41 Å². The predicted octanol–water partition coefficient (Wildman–Crippen LogP) is 15.2. The summed E-state index contributed by atoms with van der Waals surface area (Å²) < 4.78 is 0. The fourth-order valence-corrected chi connectivity index (χ4v) is 9.59. The van der Waals surface area contributed by atoms with Crippen LogP contribution in [0.2, 0.25) is 0 Å². The van der Waals surface area contributed by atoms with Gasteiger partial charge in [0, 0.05) is 16.6 Å². The molecule has 0 aromatic heterocycles. The molecule has 1 aliphatic carbocycles. The molecule has 0 bridgehead atoms. The Morgan fingerprint density at radius 3 is 1.55 bits per heavy atom. The molecule has 1 heteroatoms. The van der Waals surface area contributed by atoms with E-state index in [2.05, 4.69) is 241 Å². The Morgan fingerprint density at radius 1 is 0.293 bits per heavy atom. The first-order chi connectivity index (χ1) is 28.8. The van der Waals surface area contributed by atoms with Crippen LogP contribution in [0.1, 0.15) is 22.3 Å². The molecule has 0 radical (unpaired) electrons. The predicted molar refractivity (Wildman–Crippen MR) is 244 cm³/mol. The normalized spacial score (nSPS) is 12.6. The Bertz CT molecular complexity index is 3060. The van der Waals surface area contributed by atoms with E-state index in [1.807, 2.05) is 0 Å². The Hall–Kier alpha value is -7.48. The summed E-state index contributed by atoms with van der Waals surface area (Å²) in [6.45, 7) is 0. The van der Waals surface area contributed by atoms with Gasteiger partial charge in [-0.05, 0) is 96.6 Å². The standard InChI is InChI=1S/C57H39N/c1-5-19-40(20-6-1)42-33-36-55(52(37-42)41-21-7-2-8-22-41)58(56-38-43-23-13-14-28-47(43)48-29-15-16-31-51(48)56)46-34-35-50-49-30-17-18-32-53(49)57(54(50)39-46,44-24-9-3-10-25-44)45-26-11-4-12-27-45/h1-39H. The van der Waals surface area contributed by atoms with Crippen molar-refractivity contribution in [3.63, 3.8) is 0 Å². The first kappa shape index (κ1) is 33.8. The largest absolute Gasteiger partial charge is 0.309 e. The zero-order chi connectivity index (χ0) is 38.5. The SMILES string of the molecule is c1ccc(-c2ccc(N(c3ccc4c(c3)C(c3ccccc3)(c3ccccc3)c3ccccc3-4)c3cc4ccccc4c4ccccc34)c(-c3ccccc3)c2)cc1. The van der Waals surface area contributed by atoms with E-state index in [0.29, 0.717) is 0 Å². The molecule has 0 saturated carbocycles. The molecule has 10 aromatic rings. The van der Waals surface area contributed by atoms with Gasteiger partial charge < -0.3 is 4.90 Å². The summed E-state index contributed by atoms with van der Waals surface area (Å²) in [6.07, 6.45) is 0. The highest BCUT2D eigenvalue weighted by atomic mass is 15.1. The van der Waals surface area contributed by atoms with E-state index in [1.165, 1.54) is 77.2 Å². The van der Waals surface area contributed by atoms with Gasteiger partial charge in [-0.15, -0.1) is 0 Å². The maximum Gasteiger partial charge on any atom is 0.0714 e. The van der Waals surface area contributed by atoms with Crippen LogP contribution in [-0.4, -0.2) is 0 Å². The molecule has 58 heavy (non-hydrogen) atoms. The molecule has 0 unspecified atom stereocenters. The van der Waals surface area contributed by atoms with E-state index in [4.69, 9.17) is 0 Å². The summed E-state index contributed by atoms with van der Waals surface area (Å²) in [5, 5.41) is 4.90. The van der Waals surface area contributed by atoms with E-state index in [1.54, 1.807) is 0 Å². The first-order valence-corrected chi connectivity index (χ1v) is 20.1. The fourth-order valence-electron chi connectivity index (χ4n) is 9.59. The van der Waals surface area contributed by atoms with E-state index in [-0.39, 0.29) is 0 Å². The molecule has 1 nitrogen and oxygen atoms in total. The van der Waals surface area contributed by atoms with Gasteiger partial charge in [-0.1, -0.05) is 206 Å². The van der Waals surface area contributed by atoms with Gasteiger partial charge in [0.1, 0.15) is 0 Å². The van der Waals surface area contributed by atoms with Crippen LogP contribution < -0.4 is 4.90 Å². The van der Waals surface area contributed by atoms with Crippen LogP contribution in [0, 0.1) is 0 Å². The molecule has 0 amide bonds. The number of anilines is 3. The van der Waals surface area contributed by atoms with Crippen LogP contribution in [0.4, 0.5) is 17.1 Å². The highest BCUT2D eigenvalue weighted by molar-refractivity contribution is 6.15. The zero-order valence-corrected chi connectivity index (χ0v) is 32.0. The molecule has 1 aliphatic rings. The summed E-state index contributed by atoms with van der Waals surface area (Å²) in [5.74, 6) is 0. The maximum atomic E-state index is 2.52. The van der Waals surface area contributed by atoms with Gasteiger partial charge in [0.2, 0.25) is 0 Å². The summed E-state index contributed by atoms with van der Waals surface area (Å²) in [5.41, 5.74) is 15.2. The molecule has 0 saturated heterocycles. The van der Waals surface area contributed by atoms with Crippen LogP contribution in [0.3, 0.4) is 0 Å². The van der Waals surface area contributed by atoms with Crippen LogP contribution >= 0.6 is 0 Å². The minimum Gasteiger partial charge on any atom is -0.309 e. The van der Waals surface area contributed by atoms with Gasteiger partial charge in [-0.25, -0.2) is 0 Å². The average molecular weight is 738 g/mol. The molecule has 0 heterocycles. The van der Waals surface area contributed by atoms with Gasteiger partial charge in [0.05, 0.1) is 16.8 Å². The smallest absolute Gasteiger partial charge is 0.0714 e. The number of hydrogen-bond donors (Lipinski definition) is 0. The maximum absolute atomic E-state index is 2.52. The lowest BCUT2D eigenvalue weighted by molar-refractivity contribution is 0.768. The molecular weight excluding hydrogens is 699 g/mol. The number of hydrogen-bond acceptors (Lipinski definition) is 1. The third-order valence-electron chi connectivity index (χ3n) is 12.1. The Balaban J connectivity index is 1.25. The second kappa shape index (κ2) is 13.9. The first-order valence-electron chi connectivity index (χ1n) is 20.1. The number of rotatable bonds is 7. The van der Waals surface area contributed by atoms with E-state index in [0.717, 1.165) is 17.1 Å². The van der Waals surface area contributed by atoms with Crippen molar-refractivity contribution in [3.8, 4) is 33.4 Å². The molecule has 10 aromatic carbocycles. The lowest BCUT2D eigenvalue weighted by atomic mass is 9.67. The molecule has 11 rings (SSSR count). The summed E-state index contributed by atoms with van der Waals surface area (Å²) in [6, 6.07) is 87.0. The second-order valence-corrected chi connectivity index (χ2v) is 15.2. The third-order valence-corrected chi connectivity index (χ3v) is 12.1. The average Bonchev–Trinajstić information content (AvgIpc) is 3.61. The van der Waals surface area contributed by atoms with Gasteiger partial charge >= 0.3 is 0 Å². The van der Waals surface area contributed by atoms with Crippen molar-refractivity contribution in [1.82, 2.24) is 0 Å². The van der Waals surface area contributed by atoms with Crippen LogP contribution in [-0.2, 0) is 5.41 Å². The summed E-state index contributed by atoms with van der Waals surface area (Å²) in [4.78, 5) is 2.52. The molecular formula is C57H39N. The van der Waals surface area contributed by atoms with Crippen LogP contribution in [0.5, 0.6) is 0 Å². The van der Waals surface area contributed by atoms with E-state index >= 15 is 0 Å². The molecule has 272 valence electrons. The zero-order valence-electron chi connectivity index (χ0n) is 32.0. The second-order valence-electron chi connectivity index (χ2n) is 15.2. The van der Waals surface area contributed by atoms with Crippen LogP contribution in [0.15, 0.2) is 237 Å². The monoisotopic (exact) mass is 737 g/mol. The Labute approximate surface area is 339 Å². The summed E-state index contributed by atoms with van der Waals surface area (Å²) >= 11 is 0. The highest BCUT2D eigenvalue weighted by Gasteiger charge is 2.46. The molecule has 0 fully saturated rings. The molecule has 0 spiro atoms. The van der Waals surface area contributed by atoms with Crippen molar-refractivity contribution in [2.75, 3.05) is 4.90 Å². The number of benzene rings is 10. The van der Waals surface area contributed by atoms with Crippen LogP contribution in [0.25, 0.3) is 54.9 Å². The van der Waals surface area contributed by atoms with Crippen molar-refractivity contribution in [2.24, 2.45) is 0 Å². The van der Waals surface area contributed by atoms with Gasteiger partial charge in [0.15, 0.2) is 0 Å². The number of fused-ring (bicyclic) bond motifs is 6. The Kier molecular flexibility index (Phi) is 8.12. The molecule has 0 N–H and O–H groups in total. The van der Waals surface area contributed by atoms with E-state index < -0.39 is 5.41 Å². The molecule has 0 atom stereocenters.